The van der Waals surface area contributed by atoms with Crippen molar-refractivity contribution in [2.75, 3.05) is 24.2 Å². The number of halogens is 3. The summed E-state index contributed by atoms with van der Waals surface area (Å²) in [6.07, 6.45) is 0. The lowest BCUT2D eigenvalue weighted by molar-refractivity contribution is -0.122. The molecule has 0 saturated heterocycles. The number of benzene rings is 2. The fourth-order valence-electron chi connectivity index (χ4n) is 3.04. The first-order valence-corrected chi connectivity index (χ1v) is 11.2. The number of hydrogen-bond acceptors (Lipinski definition) is 6. The number of rotatable bonds is 9. The largest absolute Gasteiger partial charge is 0.462 e. The van der Waals surface area contributed by atoms with Gasteiger partial charge < -0.3 is 19.9 Å². The van der Waals surface area contributed by atoms with Crippen LogP contribution in [0.3, 0.4) is 0 Å². The molecule has 2 amide bonds. The third-order valence-electron chi connectivity index (χ3n) is 4.63. The third kappa shape index (κ3) is 5.68. The second-order valence-electron chi connectivity index (χ2n) is 6.90. The highest BCUT2D eigenvalue weighted by Gasteiger charge is 2.17. The smallest absolute Gasteiger partial charge is 0.338 e. The number of aryl methyl sites for hydroxylation is 1. The van der Waals surface area contributed by atoms with Crippen molar-refractivity contribution in [2.45, 2.75) is 25.5 Å². The number of nitrogens with one attached hydrogen (secondary N) is 2. The second kappa shape index (κ2) is 11.1. The summed E-state index contributed by atoms with van der Waals surface area (Å²) < 4.78 is 46.7. The number of thioether (sulfide) groups is 1. The van der Waals surface area contributed by atoms with Gasteiger partial charge in [-0.1, -0.05) is 11.8 Å². The molecular weight excluding hydrogens is 473 g/mol. The van der Waals surface area contributed by atoms with E-state index in [0.29, 0.717) is 28.8 Å². The van der Waals surface area contributed by atoms with E-state index in [2.05, 4.69) is 15.6 Å². The maximum absolute atomic E-state index is 13.6. The van der Waals surface area contributed by atoms with Gasteiger partial charge in [0.2, 0.25) is 11.8 Å². The van der Waals surface area contributed by atoms with Gasteiger partial charge >= 0.3 is 5.97 Å². The van der Waals surface area contributed by atoms with Crippen LogP contribution in [0.25, 0.3) is 11.0 Å². The maximum atomic E-state index is 13.6. The zero-order valence-electron chi connectivity index (χ0n) is 18.3. The van der Waals surface area contributed by atoms with E-state index in [1.54, 1.807) is 25.1 Å². The van der Waals surface area contributed by atoms with Crippen LogP contribution in [-0.2, 0) is 20.9 Å². The van der Waals surface area contributed by atoms with Gasteiger partial charge in [-0.05, 0) is 44.2 Å². The molecule has 2 N–H and O–H groups in total. The standard InChI is InChI=1S/C22H21F3N4O4S/c1-3-29-16-8-5-12(21(32)33-4-2)9-15(16)28-22(29)34-11-18(31)26-10-17(30)27-14-7-6-13(23)19(24)20(14)25/h5-9H,3-4,10-11H2,1-2H3,(H,26,31)(H,27,30). The summed E-state index contributed by atoms with van der Waals surface area (Å²) >= 11 is 1.13. The average molecular weight is 494 g/mol. The molecule has 2 aromatic carbocycles. The molecule has 1 heterocycles. The Hall–Kier alpha value is -3.54. The minimum atomic E-state index is -1.70. The summed E-state index contributed by atoms with van der Waals surface area (Å²) in [6, 6.07) is 6.57. The van der Waals surface area contributed by atoms with Gasteiger partial charge in [-0.2, -0.15) is 0 Å². The zero-order valence-corrected chi connectivity index (χ0v) is 19.1. The number of fused-ring (bicyclic) bond motifs is 1. The molecule has 34 heavy (non-hydrogen) atoms. The Kier molecular flexibility index (Phi) is 8.16. The summed E-state index contributed by atoms with van der Waals surface area (Å²) in [7, 11) is 0. The van der Waals surface area contributed by atoms with Gasteiger partial charge in [-0.25, -0.2) is 22.9 Å². The summed E-state index contributed by atoms with van der Waals surface area (Å²) in [4.78, 5) is 40.5. The van der Waals surface area contributed by atoms with Gasteiger partial charge in [-0.15, -0.1) is 0 Å². The van der Waals surface area contributed by atoms with E-state index in [1.165, 1.54) is 0 Å². The van der Waals surface area contributed by atoms with Crippen molar-refractivity contribution in [3.8, 4) is 0 Å². The molecule has 8 nitrogen and oxygen atoms in total. The number of esters is 1. The Morgan fingerprint density at radius 2 is 1.82 bits per heavy atom. The van der Waals surface area contributed by atoms with Crippen molar-refractivity contribution in [1.82, 2.24) is 14.9 Å². The van der Waals surface area contributed by atoms with Crippen LogP contribution in [0.15, 0.2) is 35.5 Å². The van der Waals surface area contributed by atoms with Crippen molar-refractivity contribution in [3.05, 3.63) is 53.3 Å². The highest BCUT2D eigenvalue weighted by atomic mass is 32.2. The fraction of sp³-hybridized carbons (Fsp3) is 0.273. The van der Waals surface area contributed by atoms with E-state index in [4.69, 9.17) is 4.74 Å². The molecule has 0 fully saturated rings. The Balaban J connectivity index is 1.58. The molecule has 0 bridgehead atoms. The molecule has 0 atom stereocenters. The number of carbonyl (C=O) groups excluding carboxylic acids is 3. The summed E-state index contributed by atoms with van der Waals surface area (Å²) in [5, 5.41) is 4.98. The summed E-state index contributed by atoms with van der Waals surface area (Å²) in [5.41, 5.74) is 1.19. The highest BCUT2D eigenvalue weighted by Crippen LogP contribution is 2.25. The van der Waals surface area contributed by atoms with Crippen molar-refractivity contribution in [1.29, 1.82) is 0 Å². The number of imidazole rings is 1. The Morgan fingerprint density at radius 1 is 1.06 bits per heavy atom. The van der Waals surface area contributed by atoms with Crippen molar-refractivity contribution >= 4 is 46.3 Å². The Morgan fingerprint density at radius 3 is 2.53 bits per heavy atom. The highest BCUT2D eigenvalue weighted by molar-refractivity contribution is 7.99. The van der Waals surface area contributed by atoms with E-state index < -0.39 is 47.5 Å². The minimum absolute atomic E-state index is 0.0686. The minimum Gasteiger partial charge on any atom is -0.462 e. The Bertz CT molecular complexity index is 1250. The molecule has 0 aliphatic rings. The molecule has 12 heteroatoms. The van der Waals surface area contributed by atoms with Crippen LogP contribution in [0.2, 0.25) is 0 Å². The van der Waals surface area contributed by atoms with E-state index in [9.17, 15) is 27.6 Å². The molecule has 1 aromatic heterocycles. The number of hydrogen-bond donors (Lipinski definition) is 2. The molecule has 180 valence electrons. The van der Waals surface area contributed by atoms with E-state index >= 15 is 0 Å². The van der Waals surface area contributed by atoms with Gasteiger partial charge in [0.25, 0.3) is 0 Å². The van der Waals surface area contributed by atoms with Crippen LogP contribution in [0.4, 0.5) is 18.9 Å². The lowest BCUT2D eigenvalue weighted by Gasteiger charge is -2.09. The summed E-state index contributed by atoms with van der Waals surface area (Å²) in [6.45, 7) is 3.95. The quantitative estimate of drug-likeness (QED) is 0.268. The predicted molar refractivity (Wildman–Crippen MR) is 120 cm³/mol. The fourth-order valence-corrected chi connectivity index (χ4v) is 3.95. The van der Waals surface area contributed by atoms with Crippen LogP contribution in [0.5, 0.6) is 0 Å². The van der Waals surface area contributed by atoms with Crippen LogP contribution < -0.4 is 10.6 Å². The van der Waals surface area contributed by atoms with Crippen LogP contribution in [0.1, 0.15) is 24.2 Å². The van der Waals surface area contributed by atoms with Gasteiger partial charge in [-0.3, -0.25) is 9.59 Å². The van der Waals surface area contributed by atoms with Crippen LogP contribution >= 0.6 is 11.8 Å². The summed E-state index contributed by atoms with van der Waals surface area (Å²) in [5.74, 6) is -6.43. The van der Waals surface area contributed by atoms with E-state index in [-0.39, 0.29) is 12.4 Å². The molecule has 3 aromatic rings. The van der Waals surface area contributed by atoms with Gasteiger partial charge in [0.15, 0.2) is 22.6 Å². The first-order valence-electron chi connectivity index (χ1n) is 10.2. The molecule has 3 rings (SSSR count). The van der Waals surface area contributed by atoms with Crippen molar-refractivity contribution in [2.24, 2.45) is 0 Å². The number of amides is 2. The topological polar surface area (TPSA) is 102 Å². The van der Waals surface area contributed by atoms with Crippen molar-refractivity contribution in [3.63, 3.8) is 0 Å². The van der Waals surface area contributed by atoms with Gasteiger partial charge in [0.1, 0.15) is 0 Å². The normalized spacial score (nSPS) is 10.9. The molecule has 0 aliphatic carbocycles. The van der Waals surface area contributed by atoms with Crippen LogP contribution in [-0.4, -0.2) is 46.2 Å². The van der Waals surface area contributed by atoms with E-state index in [0.717, 1.165) is 23.3 Å². The molecule has 0 aliphatic heterocycles. The van der Waals surface area contributed by atoms with Crippen molar-refractivity contribution < 1.29 is 32.3 Å². The van der Waals surface area contributed by atoms with Crippen LogP contribution in [0, 0.1) is 17.5 Å². The lowest BCUT2D eigenvalue weighted by atomic mass is 10.2. The number of anilines is 1. The van der Waals surface area contributed by atoms with Gasteiger partial charge in [0, 0.05) is 6.54 Å². The van der Waals surface area contributed by atoms with Gasteiger partial charge in [0.05, 0.1) is 41.2 Å². The first-order chi connectivity index (χ1) is 16.2. The number of ether oxygens (including phenoxy) is 1. The average Bonchev–Trinajstić information content (AvgIpc) is 3.18. The molecule has 0 spiro atoms. The SMILES string of the molecule is CCOC(=O)c1ccc2c(c1)nc(SCC(=O)NCC(=O)Nc1ccc(F)c(F)c1F)n2CC. The molecule has 0 radical (unpaired) electrons. The number of aromatic nitrogens is 2. The monoisotopic (exact) mass is 494 g/mol. The lowest BCUT2D eigenvalue weighted by Crippen LogP contribution is -2.34. The second-order valence-corrected chi connectivity index (χ2v) is 7.84. The Labute approximate surface area is 196 Å². The third-order valence-corrected chi connectivity index (χ3v) is 5.60. The molecule has 0 unspecified atom stereocenters. The molecule has 0 saturated carbocycles. The number of carbonyl (C=O) groups is 3. The zero-order chi connectivity index (χ0) is 24.8. The maximum Gasteiger partial charge on any atom is 0.338 e. The van der Waals surface area contributed by atoms with E-state index in [1.807, 2.05) is 11.5 Å². The molecular formula is C22H21F3N4O4S. The predicted octanol–water partition coefficient (Wildman–Crippen LogP) is 3.50. The number of nitrogens with zero attached hydrogens (tertiary/aromatic N) is 2. The first kappa shape index (κ1) is 25.1.